The molecule has 346 valence electrons. The number of aromatic nitrogens is 2. The van der Waals surface area contributed by atoms with Gasteiger partial charge in [0.05, 0.1) is 11.3 Å². The van der Waals surface area contributed by atoms with Crippen molar-refractivity contribution < 1.29 is 47.3 Å². The van der Waals surface area contributed by atoms with Gasteiger partial charge in [-0.1, -0.05) is 63.2 Å². The third-order valence-corrected chi connectivity index (χ3v) is 10.1. The van der Waals surface area contributed by atoms with E-state index in [-0.39, 0.29) is 45.6 Å². The number of alkyl carbamates (subject to hydrolysis) is 2. The second kappa shape index (κ2) is 22.4. The number of pyridine rings is 1. The third-order valence-electron chi connectivity index (χ3n) is 8.87. The maximum atomic E-state index is 13.6. The van der Waals surface area contributed by atoms with Gasteiger partial charge in [-0.25, -0.2) is 29.1 Å². The normalized spacial score (nSPS) is 12.8. The predicted octanol–water partition coefficient (Wildman–Crippen LogP) is 8.61. The summed E-state index contributed by atoms with van der Waals surface area (Å²) in [5.41, 5.74) is 6.75. The summed E-state index contributed by atoms with van der Waals surface area (Å²) in [7, 11) is 0. The zero-order chi connectivity index (χ0) is 48.2. The van der Waals surface area contributed by atoms with Gasteiger partial charge in [0, 0.05) is 21.9 Å². The molecule has 2 aromatic carbocycles. The minimum Gasteiger partial charge on any atom is -0.490 e. The lowest BCUT2D eigenvalue weighted by Crippen LogP contribution is -2.49. The molecule has 65 heavy (non-hydrogen) atoms. The zero-order valence-corrected chi connectivity index (χ0v) is 39.5. The van der Waals surface area contributed by atoms with Crippen LogP contribution >= 0.6 is 23.4 Å². The first-order chi connectivity index (χ1) is 30.5. The number of nitrogen functional groups attached to an aromatic ring is 1. The maximum Gasteiger partial charge on any atom is 0.408 e. The number of nitriles is 2. The fraction of sp³-hybridized carbons (Fsp3) is 0.435. The number of benzene rings is 2. The Bertz CT molecular complexity index is 2400. The van der Waals surface area contributed by atoms with Gasteiger partial charge in [0.2, 0.25) is 5.89 Å². The topological polar surface area (TPSA) is 251 Å². The fourth-order valence-corrected chi connectivity index (χ4v) is 6.82. The average molecular weight is 932 g/mol. The van der Waals surface area contributed by atoms with Gasteiger partial charge >= 0.3 is 24.1 Å². The first kappa shape index (κ1) is 51.1. The quantitative estimate of drug-likeness (QED) is 0.0509. The van der Waals surface area contributed by atoms with Crippen LogP contribution in [-0.4, -0.2) is 76.7 Å². The third kappa shape index (κ3) is 15.3. The molecule has 19 heteroatoms. The largest absolute Gasteiger partial charge is 0.490 e. The monoisotopic (exact) mass is 931 g/mol. The highest BCUT2D eigenvalue weighted by atomic mass is 35.5. The summed E-state index contributed by atoms with van der Waals surface area (Å²) in [6, 6.07) is 15.4. The summed E-state index contributed by atoms with van der Waals surface area (Å²) in [4.78, 5) is 61.1. The molecule has 0 aliphatic carbocycles. The van der Waals surface area contributed by atoms with Crippen LogP contribution in [-0.2, 0) is 34.3 Å². The summed E-state index contributed by atoms with van der Waals surface area (Å²) in [6.07, 6.45) is -1.37. The Morgan fingerprint density at radius 2 is 1.32 bits per heavy atom. The summed E-state index contributed by atoms with van der Waals surface area (Å²) >= 11 is 7.21. The molecule has 0 spiro atoms. The van der Waals surface area contributed by atoms with Gasteiger partial charge in [-0.2, -0.15) is 10.5 Å². The van der Waals surface area contributed by atoms with Gasteiger partial charge in [0.15, 0.2) is 6.10 Å². The van der Waals surface area contributed by atoms with Crippen LogP contribution in [0.2, 0.25) is 5.02 Å². The van der Waals surface area contributed by atoms with E-state index in [4.69, 9.17) is 45.4 Å². The van der Waals surface area contributed by atoms with Gasteiger partial charge in [-0.3, -0.25) is 0 Å². The number of esters is 2. The zero-order valence-electron chi connectivity index (χ0n) is 37.9. The number of ether oxygens (including phenoxy) is 5. The van der Waals surface area contributed by atoms with Crippen molar-refractivity contribution in [3.63, 3.8) is 0 Å². The van der Waals surface area contributed by atoms with Crippen molar-refractivity contribution in [1.29, 1.82) is 10.5 Å². The Morgan fingerprint density at radius 1 is 0.785 bits per heavy atom. The van der Waals surface area contributed by atoms with Crippen molar-refractivity contribution in [3.05, 3.63) is 76.6 Å². The van der Waals surface area contributed by atoms with Gasteiger partial charge < -0.3 is 44.5 Å². The molecule has 4 aromatic rings. The molecule has 2 aromatic heterocycles. The first-order valence-electron chi connectivity index (χ1n) is 20.5. The van der Waals surface area contributed by atoms with Crippen molar-refractivity contribution >= 4 is 53.3 Å². The van der Waals surface area contributed by atoms with Crippen molar-refractivity contribution in [1.82, 2.24) is 20.6 Å². The lowest BCUT2D eigenvalue weighted by molar-refractivity contribution is -0.164. The van der Waals surface area contributed by atoms with Gasteiger partial charge in [0.25, 0.3) is 0 Å². The molecule has 0 aliphatic heterocycles. The number of nitrogens with one attached hydrogen (secondary N) is 2. The van der Waals surface area contributed by atoms with E-state index in [9.17, 15) is 29.7 Å². The molecule has 17 nitrogen and oxygen atoms in total. The van der Waals surface area contributed by atoms with Gasteiger partial charge in [-0.15, -0.1) is 0 Å². The molecule has 0 saturated carbocycles. The van der Waals surface area contributed by atoms with Crippen molar-refractivity contribution in [2.75, 3.05) is 18.9 Å². The summed E-state index contributed by atoms with van der Waals surface area (Å²) in [6.45, 7) is 16.1. The minimum absolute atomic E-state index is 0.000351. The lowest BCUT2D eigenvalue weighted by Gasteiger charge is -2.27. The Balaban J connectivity index is 1.56. The lowest BCUT2D eigenvalue weighted by atomic mass is 9.97. The van der Waals surface area contributed by atoms with Crippen LogP contribution in [0.15, 0.2) is 64.2 Å². The molecular weight excluding hydrogens is 878 g/mol. The van der Waals surface area contributed by atoms with E-state index >= 15 is 0 Å². The summed E-state index contributed by atoms with van der Waals surface area (Å²) < 4.78 is 33.7. The van der Waals surface area contributed by atoms with Crippen molar-refractivity contribution in [3.8, 4) is 40.5 Å². The number of carbonyl (C=O) groups excluding carboxylic acids is 4. The summed E-state index contributed by atoms with van der Waals surface area (Å²) in [5.74, 6) is -1.66. The Morgan fingerprint density at radius 3 is 1.85 bits per heavy atom. The number of oxazole rings is 1. The molecule has 3 atom stereocenters. The number of anilines is 1. The number of carbonyl (C=O) groups is 4. The highest BCUT2D eigenvalue weighted by Gasteiger charge is 2.33. The Labute approximate surface area is 387 Å². The van der Waals surface area contributed by atoms with Crippen LogP contribution in [0.25, 0.3) is 22.6 Å². The smallest absolute Gasteiger partial charge is 0.408 e. The number of rotatable bonds is 17. The molecule has 4 N–H and O–H groups in total. The molecule has 0 saturated heterocycles. The Hall–Kier alpha value is -6.50. The second-order valence-electron chi connectivity index (χ2n) is 17.4. The molecule has 0 radical (unpaired) electrons. The number of amides is 2. The molecule has 0 fully saturated rings. The van der Waals surface area contributed by atoms with Crippen LogP contribution in [0, 0.1) is 34.5 Å². The van der Waals surface area contributed by atoms with Crippen LogP contribution in [0.5, 0.6) is 5.75 Å². The maximum absolute atomic E-state index is 13.6. The van der Waals surface area contributed by atoms with Crippen molar-refractivity contribution in [2.45, 2.75) is 109 Å². The van der Waals surface area contributed by atoms with E-state index in [0.717, 1.165) is 5.56 Å². The van der Waals surface area contributed by atoms with E-state index in [1.165, 1.54) is 18.0 Å². The van der Waals surface area contributed by atoms with Crippen molar-refractivity contribution in [2.24, 2.45) is 11.8 Å². The average Bonchev–Trinajstić information content (AvgIpc) is 3.69. The molecule has 2 amide bonds. The van der Waals surface area contributed by atoms with Gasteiger partial charge in [-0.05, 0) is 95.3 Å². The van der Waals surface area contributed by atoms with E-state index in [1.807, 2.05) is 0 Å². The minimum atomic E-state index is -1.22. The van der Waals surface area contributed by atoms with Gasteiger partial charge in [0.1, 0.15) is 77.1 Å². The van der Waals surface area contributed by atoms with E-state index < -0.39 is 72.0 Å². The summed E-state index contributed by atoms with van der Waals surface area (Å²) in [5, 5.41) is 26.4. The standard InChI is InChI=1S/C46H54ClN7O10S/c1-25(2)36(52-43(57)63-45(5,6)7)41(55)61-23-32(62-42(56)37(26(3)4)53-44(58)64-46(8,9)10)22-59-31-17-13-27(14-18-31)35-33(19-48)38(50)54-40(34(35)20-49)65-24-30-21-60-39(51-30)28-11-15-29(47)16-12-28/h11-18,21,25-26,32,36-37H,22-24H2,1-10H3,(H2,50,54)(H,52,57)(H,53,58)/t32?,36-,37-/m0/s1. The van der Waals surface area contributed by atoms with Crippen LogP contribution in [0.3, 0.4) is 0 Å². The fourth-order valence-electron chi connectivity index (χ4n) is 5.82. The van der Waals surface area contributed by atoms with E-state index in [0.29, 0.717) is 22.2 Å². The van der Waals surface area contributed by atoms with E-state index in [2.05, 4.69) is 32.7 Å². The number of halogens is 1. The molecule has 4 rings (SSSR count). The molecule has 0 aliphatic rings. The molecule has 1 unspecified atom stereocenters. The highest BCUT2D eigenvalue weighted by molar-refractivity contribution is 7.98. The number of nitrogens with zero attached hydrogens (tertiary/aromatic N) is 4. The molecular formula is C46H54ClN7O10S. The van der Waals surface area contributed by atoms with Crippen LogP contribution in [0.4, 0.5) is 15.4 Å². The van der Waals surface area contributed by atoms with Crippen LogP contribution < -0.4 is 21.1 Å². The second-order valence-corrected chi connectivity index (χ2v) is 18.8. The molecule has 0 bridgehead atoms. The Kier molecular flexibility index (Phi) is 17.6. The number of hydrogen-bond acceptors (Lipinski definition) is 16. The number of hydrogen-bond donors (Lipinski definition) is 3. The SMILES string of the molecule is CC(C)[C@H](NC(=O)OC(C)(C)C)C(=O)OCC(COc1ccc(-c2c(C#N)c(N)nc(SCc3coc(-c4ccc(Cl)cc4)n3)c2C#N)cc1)OC(=O)[C@@H](NC(=O)OC(C)(C)C)C(C)C. The number of thioether (sulfide) groups is 1. The number of nitrogens with two attached hydrogens (primary N) is 1. The predicted molar refractivity (Wildman–Crippen MR) is 242 cm³/mol. The molecule has 2 heterocycles. The van der Waals surface area contributed by atoms with Crippen LogP contribution in [0.1, 0.15) is 86.1 Å². The highest BCUT2D eigenvalue weighted by Crippen LogP contribution is 2.37. The first-order valence-corrected chi connectivity index (χ1v) is 21.9. The van der Waals surface area contributed by atoms with E-state index in [1.54, 1.807) is 118 Å².